The van der Waals surface area contributed by atoms with Crippen LogP contribution in [0.5, 0.6) is 0 Å². The van der Waals surface area contributed by atoms with Gasteiger partial charge in [-0.3, -0.25) is 9.78 Å². The fourth-order valence-corrected chi connectivity index (χ4v) is 4.66. The highest BCUT2D eigenvalue weighted by atomic mass is 16.1. The molecule has 0 saturated carbocycles. The maximum atomic E-state index is 11.2. The summed E-state index contributed by atoms with van der Waals surface area (Å²) >= 11 is 0. The zero-order valence-electron chi connectivity index (χ0n) is 20.4. The third-order valence-corrected chi connectivity index (χ3v) is 6.49. The molecule has 3 heterocycles. The monoisotopic (exact) mass is 478 g/mol. The van der Waals surface area contributed by atoms with Gasteiger partial charge in [0.15, 0.2) is 0 Å². The van der Waals surface area contributed by atoms with E-state index in [4.69, 9.17) is 4.98 Å². The van der Waals surface area contributed by atoms with Crippen molar-refractivity contribution in [3.8, 4) is 11.3 Å². The van der Waals surface area contributed by atoms with Crippen LogP contribution in [0.2, 0.25) is 0 Å². The number of hydrogen-bond acceptors (Lipinski definition) is 6. The number of piperidine rings is 1. The summed E-state index contributed by atoms with van der Waals surface area (Å²) in [6.07, 6.45) is 9.04. The quantitative estimate of drug-likeness (QED) is 0.355. The van der Waals surface area contributed by atoms with Crippen LogP contribution in [0.4, 0.5) is 23.0 Å². The van der Waals surface area contributed by atoms with Gasteiger partial charge in [-0.25, -0.2) is 9.97 Å². The summed E-state index contributed by atoms with van der Waals surface area (Å²) in [7, 11) is 0. The Morgan fingerprint density at radius 2 is 1.81 bits per heavy atom. The maximum Gasteiger partial charge on any atom is 0.227 e. The average Bonchev–Trinajstić information content (AvgIpc) is 2.90. The van der Waals surface area contributed by atoms with Crippen molar-refractivity contribution in [3.05, 3.63) is 90.9 Å². The number of carbonyl (C=O) groups is 1. The Bertz CT molecular complexity index is 1300. The smallest absolute Gasteiger partial charge is 0.227 e. The van der Waals surface area contributed by atoms with Gasteiger partial charge in [-0.1, -0.05) is 24.3 Å². The van der Waals surface area contributed by atoms with Crippen LogP contribution in [0.15, 0.2) is 85.3 Å². The first-order valence-corrected chi connectivity index (χ1v) is 12.3. The molecular formula is C29H30N6O. The van der Waals surface area contributed by atoms with Crippen molar-refractivity contribution in [1.82, 2.24) is 15.0 Å². The Labute approximate surface area is 211 Å². The Kier molecular flexibility index (Phi) is 7.17. The molecule has 1 amide bonds. The van der Waals surface area contributed by atoms with Gasteiger partial charge in [-0.05, 0) is 73.2 Å². The topological polar surface area (TPSA) is 83.0 Å². The van der Waals surface area contributed by atoms with Crippen LogP contribution in [-0.4, -0.2) is 33.9 Å². The predicted molar refractivity (Wildman–Crippen MR) is 144 cm³/mol. The Morgan fingerprint density at radius 1 is 0.972 bits per heavy atom. The molecule has 182 valence electrons. The minimum Gasteiger partial charge on any atom is -0.371 e. The number of anilines is 4. The van der Waals surface area contributed by atoms with E-state index in [-0.39, 0.29) is 5.91 Å². The number of aromatic nitrogens is 3. The molecule has 0 atom stereocenters. The Balaban J connectivity index is 1.22. The fraction of sp³-hybridized carbons (Fsp3) is 0.241. The third kappa shape index (κ3) is 6.05. The number of rotatable bonds is 7. The summed E-state index contributed by atoms with van der Waals surface area (Å²) in [6.45, 7) is 3.60. The minimum atomic E-state index is -0.0902. The molecule has 0 aliphatic carbocycles. The van der Waals surface area contributed by atoms with Gasteiger partial charge >= 0.3 is 0 Å². The lowest BCUT2D eigenvalue weighted by atomic mass is 9.90. The van der Waals surface area contributed by atoms with E-state index in [9.17, 15) is 4.79 Å². The summed E-state index contributed by atoms with van der Waals surface area (Å²) in [5.41, 5.74) is 6.03. The maximum absolute atomic E-state index is 11.2. The molecule has 1 fully saturated rings. The van der Waals surface area contributed by atoms with E-state index in [1.165, 1.54) is 31.0 Å². The summed E-state index contributed by atoms with van der Waals surface area (Å²) < 4.78 is 0. The molecule has 7 nitrogen and oxygen atoms in total. The highest BCUT2D eigenvalue weighted by Crippen LogP contribution is 2.28. The van der Waals surface area contributed by atoms with E-state index in [1.54, 1.807) is 6.20 Å². The summed E-state index contributed by atoms with van der Waals surface area (Å²) in [5.74, 6) is 1.16. The molecule has 2 N–H and O–H groups in total. The second-order valence-corrected chi connectivity index (χ2v) is 9.20. The van der Waals surface area contributed by atoms with E-state index >= 15 is 0 Å². The highest BCUT2D eigenvalue weighted by Gasteiger charge is 2.20. The fourth-order valence-electron chi connectivity index (χ4n) is 4.66. The van der Waals surface area contributed by atoms with E-state index in [1.807, 2.05) is 54.9 Å². The molecule has 4 aromatic rings. The first-order chi connectivity index (χ1) is 17.6. The van der Waals surface area contributed by atoms with Gasteiger partial charge in [0.1, 0.15) is 0 Å². The van der Waals surface area contributed by atoms with Gasteiger partial charge in [0.2, 0.25) is 11.9 Å². The molecule has 0 radical (unpaired) electrons. The van der Waals surface area contributed by atoms with E-state index in [0.717, 1.165) is 42.1 Å². The summed E-state index contributed by atoms with van der Waals surface area (Å²) in [6, 6.07) is 22.1. The highest BCUT2D eigenvalue weighted by molar-refractivity contribution is 5.88. The van der Waals surface area contributed by atoms with Gasteiger partial charge in [-0.15, -0.1) is 0 Å². The van der Waals surface area contributed by atoms with Gasteiger partial charge < -0.3 is 15.5 Å². The van der Waals surface area contributed by atoms with Crippen LogP contribution in [-0.2, 0) is 11.2 Å². The third-order valence-electron chi connectivity index (χ3n) is 6.49. The van der Waals surface area contributed by atoms with Crippen LogP contribution >= 0.6 is 0 Å². The number of benzene rings is 2. The summed E-state index contributed by atoms with van der Waals surface area (Å²) in [4.78, 5) is 27.1. The van der Waals surface area contributed by atoms with E-state index in [2.05, 4.69) is 49.8 Å². The van der Waals surface area contributed by atoms with Gasteiger partial charge in [0, 0.05) is 61.2 Å². The standard InChI is InChI=1S/C29H30N6O/c1-21(36)32-25-9-7-24(8-10-25)28-11-15-31-29(34-28)33-26-5-2-6-27(19-26)35-16-12-22(13-17-35)18-23-4-3-14-30-20-23/h2-11,14-15,19-20,22H,12-13,16-18H2,1H3,(H,32,36)(H,31,33,34). The van der Waals surface area contributed by atoms with Crippen molar-refractivity contribution < 1.29 is 4.79 Å². The van der Waals surface area contributed by atoms with Crippen molar-refractivity contribution in [3.63, 3.8) is 0 Å². The molecule has 36 heavy (non-hydrogen) atoms. The van der Waals surface area contributed by atoms with Crippen LogP contribution in [0.3, 0.4) is 0 Å². The first-order valence-electron chi connectivity index (χ1n) is 12.3. The van der Waals surface area contributed by atoms with Crippen molar-refractivity contribution in [2.45, 2.75) is 26.2 Å². The molecule has 2 aromatic heterocycles. The second-order valence-electron chi connectivity index (χ2n) is 9.20. The van der Waals surface area contributed by atoms with Gasteiger partial charge in [0.25, 0.3) is 0 Å². The van der Waals surface area contributed by atoms with E-state index < -0.39 is 0 Å². The lowest BCUT2D eigenvalue weighted by Gasteiger charge is -2.34. The number of amides is 1. The van der Waals surface area contributed by atoms with Crippen molar-refractivity contribution in [2.75, 3.05) is 28.6 Å². The number of nitrogens with one attached hydrogen (secondary N) is 2. The molecule has 0 bridgehead atoms. The normalized spacial score (nSPS) is 13.9. The largest absolute Gasteiger partial charge is 0.371 e. The Morgan fingerprint density at radius 3 is 2.56 bits per heavy atom. The molecule has 1 aliphatic rings. The zero-order valence-corrected chi connectivity index (χ0v) is 20.4. The second kappa shape index (κ2) is 11.0. The van der Waals surface area contributed by atoms with Crippen molar-refractivity contribution >= 4 is 28.9 Å². The van der Waals surface area contributed by atoms with E-state index in [0.29, 0.717) is 11.9 Å². The zero-order chi connectivity index (χ0) is 24.7. The minimum absolute atomic E-state index is 0.0902. The van der Waals surface area contributed by atoms with Gasteiger partial charge in [-0.2, -0.15) is 0 Å². The molecule has 0 spiro atoms. The van der Waals surface area contributed by atoms with Crippen LogP contribution < -0.4 is 15.5 Å². The molecule has 5 rings (SSSR count). The molecule has 7 heteroatoms. The molecular weight excluding hydrogens is 448 g/mol. The summed E-state index contributed by atoms with van der Waals surface area (Å²) in [5, 5.41) is 6.14. The van der Waals surface area contributed by atoms with Gasteiger partial charge in [0.05, 0.1) is 5.69 Å². The predicted octanol–water partition coefficient (Wildman–Crippen LogP) is 5.70. The molecule has 1 aliphatic heterocycles. The van der Waals surface area contributed by atoms with Crippen LogP contribution in [0, 0.1) is 5.92 Å². The van der Waals surface area contributed by atoms with Crippen molar-refractivity contribution in [2.24, 2.45) is 5.92 Å². The van der Waals surface area contributed by atoms with Crippen LogP contribution in [0.1, 0.15) is 25.3 Å². The number of pyridine rings is 1. The lowest BCUT2D eigenvalue weighted by molar-refractivity contribution is -0.114. The molecule has 1 saturated heterocycles. The number of nitrogens with zero attached hydrogens (tertiary/aromatic N) is 4. The SMILES string of the molecule is CC(=O)Nc1ccc(-c2ccnc(Nc3cccc(N4CCC(Cc5cccnc5)CC4)c3)n2)cc1. The van der Waals surface area contributed by atoms with Crippen LogP contribution in [0.25, 0.3) is 11.3 Å². The Hall–Kier alpha value is -4.26. The van der Waals surface area contributed by atoms with Crippen molar-refractivity contribution in [1.29, 1.82) is 0 Å². The lowest BCUT2D eigenvalue weighted by Crippen LogP contribution is -2.34. The number of hydrogen-bond donors (Lipinski definition) is 2. The molecule has 0 unspecified atom stereocenters. The first kappa shape index (κ1) is 23.5. The number of carbonyl (C=O) groups excluding carboxylic acids is 1. The average molecular weight is 479 g/mol. The molecule has 2 aromatic carbocycles.